The summed E-state index contributed by atoms with van der Waals surface area (Å²) in [6.45, 7) is 8.32. The number of piperazine rings is 1. The van der Waals surface area contributed by atoms with E-state index in [9.17, 15) is 5.11 Å². The van der Waals surface area contributed by atoms with Gasteiger partial charge in [-0.25, -0.2) is 19.9 Å². The van der Waals surface area contributed by atoms with E-state index >= 15 is 0 Å². The average molecular weight is 497 g/mol. The van der Waals surface area contributed by atoms with Gasteiger partial charge in [-0.05, 0) is 24.1 Å². The van der Waals surface area contributed by atoms with Crippen LogP contribution < -0.4 is 10.6 Å². The van der Waals surface area contributed by atoms with Crippen LogP contribution in [0.15, 0.2) is 17.8 Å². The number of ether oxygens (including phenoxy) is 1. The second-order valence-electron chi connectivity index (χ2n) is 9.75. The number of aliphatic hydroxyl groups is 1. The minimum atomic E-state index is 0.218. The number of nitrogens with two attached hydrogens (primary N) is 1. The first kappa shape index (κ1) is 23.0. The Bertz CT molecular complexity index is 1160. The Kier molecular flexibility index (Phi) is 6.50. The maximum absolute atomic E-state index is 9.24. The van der Waals surface area contributed by atoms with Crippen LogP contribution in [0.2, 0.25) is 0 Å². The summed E-state index contributed by atoms with van der Waals surface area (Å²) in [6.07, 6.45) is 5.74. The molecule has 0 saturated carbocycles. The molecule has 3 fully saturated rings. The van der Waals surface area contributed by atoms with Crippen LogP contribution in [0.5, 0.6) is 0 Å². The standard InChI is InChI=1S/C24H32N8O2S/c25-23-26-10-17(11-27-23)20-22-21(18(15-35-22)13-31-4-2-30(3-5-31)6-7-33)29-24(28-20)32-12-16-1-8-34-14-19(32)9-16/h10-11,15-16,19,33H,1-9,12-14H2,(H2,25,26,27). The van der Waals surface area contributed by atoms with Gasteiger partial charge in [0.1, 0.15) is 0 Å². The molecule has 3 saturated heterocycles. The number of aromatic nitrogens is 4. The number of anilines is 2. The number of nitrogen functional groups attached to an aromatic ring is 1. The lowest BCUT2D eigenvalue weighted by atomic mass is 10.0. The Morgan fingerprint density at radius 3 is 2.71 bits per heavy atom. The zero-order valence-corrected chi connectivity index (χ0v) is 20.7. The van der Waals surface area contributed by atoms with E-state index in [1.807, 2.05) is 0 Å². The van der Waals surface area contributed by atoms with E-state index in [0.29, 0.717) is 12.0 Å². The summed E-state index contributed by atoms with van der Waals surface area (Å²) >= 11 is 1.69. The summed E-state index contributed by atoms with van der Waals surface area (Å²) in [6, 6.07) is 0.317. The van der Waals surface area contributed by atoms with Gasteiger partial charge in [0.15, 0.2) is 0 Å². The van der Waals surface area contributed by atoms with Crippen molar-refractivity contribution >= 4 is 33.5 Å². The normalized spacial score (nSPS) is 23.7. The quantitative estimate of drug-likeness (QED) is 0.519. The third-order valence-electron chi connectivity index (χ3n) is 7.44. The molecule has 0 aromatic carbocycles. The second kappa shape index (κ2) is 9.90. The molecule has 3 N–H and O–H groups in total. The number of hydrogen-bond donors (Lipinski definition) is 2. The van der Waals surface area contributed by atoms with Crippen molar-refractivity contribution in [2.24, 2.45) is 5.92 Å². The molecular formula is C24H32N8O2S. The van der Waals surface area contributed by atoms with Crippen LogP contribution >= 0.6 is 11.3 Å². The summed E-state index contributed by atoms with van der Waals surface area (Å²) in [5, 5.41) is 11.5. The molecule has 6 heterocycles. The second-order valence-corrected chi connectivity index (χ2v) is 10.6. The summed E-state index contributed by atoms with van der Waals surface area (Å²) in [5.74, 6) is 1.66. The number of β-amino-alcohol motifs (C(OH)–C–C–N with tert-alkyl or cyclic N) is 1. The number of hydrogen-bond acceptors (Lipinski definition) is 11. The average Bonchev–Trinajstić information content (AvgIpc) is 3.38. The Morgan fingerprint density at radius 1 is 1.11 bits per heavy atom. The molecule has 186 valence electrons. The monoisotopic (exact) mass is 496 g/mol. The predicted octanol–water partition coefficient (Wildman–Crippen LogP) is 1.46. The SMILES string of the molecule is Nc1ncc(-c2nc(N3CC4CCOCC3C4)nc3c(CN4CCN(CCO)CC4)csc23)cn1. The van der Waals surface area contributed by atoms with Gasteiger partial charge in [-0.2, -0.15) is 0 Å². The van der Waals surface area contributed by atoms with Crippen LogP contribution in [-0.2, 0) is 11.3 Å². The van der Waals surface area contributed by atoms with E-state index in [4.69, 9.17) is 20.4 Å². The fraction of sp³-hybridized carbons (Fsp3) is 0.583. The molecule has 2 atom stereocenters. The summed E-state index contributed by atoms with van der Waals surface area (Å²) < 4.78 is 6.94. The third kappa shape index (κ3) is 4.70. The smallest absolute Gasteiger partial charge is 0.226 e. The molecule has 0 aliphatic carbocycles. The van der Waals surface area contributed by atoms with E-state index in [-0.39, 0.29) is 12.6 Å². The predicted molar refractivity (Wildman–Crippen MR) is 136 cm³/mol. The van der Waals surface area contributed by atoms with E-state index in [1.165, 1.54) is 5.56 Å². The molecule has 3 aromatic heterocycles. The molecule has 3 aliphatic heterocycles. The van der Waals surface area contributed by atoms with Crippen molar-refractivity contribution in [1.29, 1.82) is 0 Å². The zero-order valence-electron chi connectivity index (χ0n) is 19.8. The zero-order chi connectivity index (χ0) is 23.8. The van der Waals surface area contributed by atoms with Crippen molar-refractivity contribution in [3.05, 3.63) is 23.3 Å². The Morgan fingerprint density at radius 2 is 1.91 bits per heavy atom. The first-order valence-corrected chi connectivity index (χ1v) is 13.3. The van der Waals surface area contributed by atoms with E-state index in [1.54, 1.807) is 23.7 Å². The van der Waals surface area contributed by atoms with Crippen molar-refractivity contribution in [2.45, 2.75) is 25.4 Å². The van der Waals surface area contributed by atoms with Gasteiger partial charge in [-0.3, -0.25) is 9.80 Å². The maximum Gasteiger partial charge on any atom is 0.226 e. The highest BCUT2D eigenvalue weighted by molar-refractivity contribution is 7.17. The van der Waals surface area contributed by atoms with Crippen LogP contribution in [0.4, 0.5) is 11.9 Å². The summed E-state index contributed by atoms with van der Waals surface area (Å²) in [7, 11) is 0. The third-order valence-corrected chi connectivity index (χ3v) is 8.46. The van der Waals surface area contributed by atoms with Crippen molar-refractivity contribution < 1.29 is 9.84 Å². The lowest BCUT2D eigenvalue weighted by Crippen LogP contribution is -2.46. The highest BCUT2D eigenvalue weighted by Gasteiger charge is 2.36. The number of fused-ring (bicyclic) bond motifs is 3. The Balaban J connectivity index is 1.35. The van der Waals surface area contributed by atoms with Gasteiger partial charge in [0.05, 0.1) is 35.2 Å². The molecule has 0 radical (unpaired) electrons. The van der Waals surface area contributed by atoms with Gasteiger partial charge in [0, 0.05) is 75.9 Å². The fourth-order valence-corrected chi connectivity index (χ4v) is 6.51. The fourth-order valence-electron chi connectivity index (χ4n) is 5.50. The van der Waals surface area contributed by atoms with Crippen LogP contribution in [0.25, 0.3) is 21.5 Å². The van der Waals surface area contributed by atoms with Crippen molar-refractivity contribution in [3.8, 4) is 11.3 Å². The van der Waals surface area contributed by atoms with Crippen LogP contribution in [0, 0.1) is 5.92 Å². The number of thiophene rings is 1. The largest absolute Gasteiger partial charge is 0.395 e. The molecule has 0 amide bonds. The van der Waals surface area contributed by atoms with Crippen LogP contribution in [-0.4, -0.2) is 100.0 Å². The van der Waals surface area contributed by atoms with Crippen molar-refractivity contribution in [1.82, 2.24) is 29.7 Å². The topological polar surface area (TPSA) is 117 Å². The first-order valence-electron chi connectivity index (χ1n) is 12.4. The van der Waals surface area contributed by atoms with Gasteiger partial charge < -0.3 is 20.5 Å². The van der Waals surface area contributed by atoms with Gasteiger partial charge in [-0.1, -0.05) is 0 Å². The lowest BCUT2D eigenvalue weighted by molar-refractivity contribution is 0.109. The highest BCUT2D eigenvalue weighted by atomic mass is 32.1. The van der Waals surface area contributed by atoms with Crippen molar-refractivity contribution in [3.63, 3.8) is 0 Å². The molecule has 11 heteroatoms. The molecule has 2 unspecified atom stereocenters. The molecule has 0 spiro atoms. The van der Waals surface area contributed by atoms with Crippen LogP contribution in [0.1, 0.15) is 18.4 Å². The highest BCUT2D eigenvalue weighted by Crippen LogP contribution is 2.38. The lowest BCUT2D eigenvalue weighted by Gasteiger charge is -2.34. The van der Waals surface area contributed by atoms with Crippen LogP contribution in [0.3, 0.4) is 0 Å². The molecule has 10 nitrogen and oxygen atoms in total. The van der Waals surface area contributed by atoms with E-state index in [2.05, 4.69) is 30.0 Å². The van der Waals surface area contributed by atoms with Gasteiger partial charge >= 0.3 is 0 Å². The molecular weight excluding hydrogens is 464 g/mol. The molecule has 35 heavy (non-hydrogen) atoms. The molecule has 3 aliphatic rings. The molecule has 6 rings (SSSR count). The number of rotatable bonds is 6. The summed E-state index contributed by atoms with van der Waals surface area (Å²) in [4.78, 5) is 25.8. The maximum atomic E-state index is 9.24. The number of nitrogens with zero attached hydrogens (tertiary/aromatic N) is 7. The summed E-state index contributed by atoms with van der Waals surface area (Å²) in [5.41, 5.74) is 9.74. The minimum absolute atomic E-state index is 0.218. The Hall–Kier alpha value is -2.44. The minimum Gasteiger partial charge on any atom is -0.395 e. The van der Waals surface area contributed by atoms with Gasteiger partial charge in [0.25, 0.3) is 0 Å². The molecule has 2 bridgehead atoms. The number of aliphatic hydroxyl groups excluding tert-OH is 1. The van der Waals surface area contributed by atoms with Gasteiger partial charge in [-0.15, -0.1) is 11.3 Å². The first-order chi connectivity index (χ1) is 17.2. The van der Waals surface area contributed by atoms with Gasteiger partial charge in [0.2, 0.25) is 11.9 Å². The van der Waals surface area contributed by atoms with E-state index < -0.39 is 0 Å². The Labute approximate surface area is 208 Å². The van der Waals surface area contributed by atoms with E-state index in [0.717, 1.165) is 99.3 Å². The molecule has 3 aromatic rings. The van der Waals surface area contributed by atoms with Crippen molar-refractivity contribution in [2.75, 3.05) is 69.7 Å².